The lowest BCUT2D eigenvalue weighted by Crippen LogP contribution is -2.00. The van der Waals surface area contributed by atoms with Gasteiger partial charge in [-0.3, -0.25) is 0 Å². The Morgan fingerprint density at radius 2 is 1.60 bits per heavy atom. The minimum Gasteiger partial charge on any atom is -0.507 e. The highest BCUT2D eigenvalue weighted by atomic mass is 16.5. The topological polar surface area (TPSA) is 68.1 Å². The Bertz CT molecular complexity index is 958. The number of hydrogen-bond donors (Lipinski definition) is 1. The molecule has 30 heavy (non-hydrogen) atoms. The van der Waals surface area contributed by atoms with Crippen molar-refractivity contribution in [3.05, 3.63) is 54.1 Å². The molecule has 0 radical (unpaired) electrons. The molecule has 3 rings (SSSR count). The van der Waals surface area contributed by atoms with Crippen molar-refractivity contribution in [3.63, 3.8) is 0 Å². The van der Waals surface area contributed by atoms with Crippen LogP contribution in [0.3, 0.4) is 0 Å². The summed E-state index contributed by atoms with van der Waals surface area (Å²) in [6.07, 6.45) is 10.1. The fourth-order valence-electron chi connectivity index (χ4n) is 3.69. The Morgan fingerprint density at radius 1 is 0.867 bits per heavy atom. The summed E-state index contributed by atoms with van der Waals surface area (Å²) in [6.45, 7) is 7.01. The molecule has 1 aromatic heterocycles. The number of phenols is 1. The SMILES string of the molecule is CCCCCCCCOc1cc(O)c(-c2ncncn2)c(-c2ccc(C)cc2C)c1. The summed E-state index contributed by atoms with van der Waals surface area (Å²) in [5, 5.41) is 10.9. The highest BCUT2D eigenvalue weighted by Gasteiger charge is 2.18. The van der Waals surface area contributed by atoms with E-state index in [0.717, 1.165) is 23.1 Å². The number of aromatic nitrogens is 3. The monoisotopic (exact) mass is 405 g/mol. The first kappa shape index (κ1) is 21.8. The van der Waals surface area contributed by atoms with Gasteiger partial charge in [0.25, 0.3) is 0 Å². The van der Waals surface area contributed by atoms with Crippen molar-refractivity contribution in [3.8, 4) is 34.0 Å². The molecule has 5 heteroatoms. The lowest BCUT2D eigenvalue weighted by atomic mass is 9.93. The van der Waals surface area contributed by atoms with Gasteiger partial charge in [-0.2, -0.15) is 0 Å². The lowest BCUT2D eigenvalue weighted by molar-refractivity contribution is 0.303. The first-order valence-electron chi connectivity index (χ1n) is 10.8. The molecule has 0 saturated carbocycles. The van der Waals surface area contributed by atoms with Gasteiger partial charge in [0.1, 0.15) is 24.2 Å². The van der Waals surface area contributed by atoms with Crippen molar-refractivity contribution in [2.24, 2.45) is 0 Å². The molecule has 0 spiro atoms. The largest absolute Gasteiger partial charge is 0.507 e. The molecule has 3 aromatic rings. The van der Waals surface area contributed by atoms with Crippen LogP contribution >= 0.6 is 0 Å². The van der Waals surface area contributed by atoms with Crippen molar-refractivity contribution in [1.29, 1.82) is 0 Å². The van der Waals surface area contributed by atoms with Gasteiger partial charge < -0.3 is 9.84 Å². The highest BCUT2D eigenvalue weighted by Crippen LogP contribution is 2.41. The number of unbranched alkanes of at least 4 members (excludes halogenated alkanes) is 5. The van der Waals surface area contributed by atoms with Crippen molar-refractivity contribution >= 4 is 0 Å². The standard InChI is InChI=1S/C25H31N3O2/c1-4-5-6-7-8-9-12-30-20-14-22(21-11-10-18(2)13-19(21)3)24(23(29)15-20)25-27-16-26-17-28-25/h10-11,13-17,29H,4-9,12H2,1-3H3. The van der Waals surface area contributed by atoms with Crippen LogP contribution in [0.1, 0.15) is 56.6 Å². The zero-order valence-electron chi connectivity index (χ0n) is 18.2. The molecule has 0 saturated heterocycles. The molecule has 1 heterocycles. The maximum Gasteiger partial charge on any atom is 0.167 e. The Balaban J connectivity index is 1.87. The number of hydrogen-bond acceptors (Lipinski definition) is 5. The molecule has 5 nitrogen and oxygen atoms in total. The molecule has 0 amide bonds. The van der Waals surface area contributed by atoms with Crippen LogP contribution in [0.5, 0.6) is 11.5 Å². The first-order chi connectivity index (χ1) is 14.6. The normalized spacial score (nSPS) is 10.9. The fraction of sp³-hybridized carbons (Fsp3) is 0.400. The Kier molecular flexibility index (Phi) is 7.77. The second kappa shape index (κ2) is 10.7. The summed E-state index contributed by atoms with van der Waals surface area (Å²) in [6, 6.07) is 9.91. The molecule has 0 fully saturated rings. The van der Waals surface area contributed by atoms with E-state index in [1.165, 1.54) is 50.3 Å². The third kappa shape index (κ3) is 5.56. The summed E-state index contributed by atoms with van der Waals surface area (Å²) in [5.41, 5.74) is 4.79. The van der Waals surface area contributed by atoms with Gasteiger partial charge in [0, 0.05) is 11.6 Å². The molecule has 0 aliphatic heterocycles. The predicted molar refractivity (Wildman–Crippen MR) is 121 cm³/mol. The Morgan fingerprint density at radius 3 is 2.33 bits per heavy atom. The van der Waals surface area contributed by atoms with Gasteiger partial charge in [-0.15, -0.1) is 0 Å². The van der Waals surface area contributed by atoms with Crippen LogP contribution < -0.4 is 4.74 Å². The third-order valence-corrected chi connectivity index (χ3v) is 5.25. The second-order valence-corrected chi connectivity index (χ2v) is 7.76. The third-order valence-electron chi connectivity index (χ3n) is 5.25. The maximum atomic E-state index is 10.9. The average molecular weight is 406 g/mol. The molecule has 0 aliphatic carbocycles. The number of phenolic OH excluding ortho intramolecular Hbond substituents is 1. The molecular formula is C25H31N3O2. The van der Waals surface area contributed by atoms with Crippen LogP contribution in [0.25, 0.3) is 22.5 Å². The number of aromatic hydroxyl groups is 1. The van der Waals surface area contributed by atoms with E-state index in [9.17, 15) is 5.11 Å². The minimum atomic E-state index is 0.108. The molecule has 0 bridgehead atoms. The summed E-state index contributed by atoms with van der Waals surface area (Å²) in [5.74, 6) is 1.21. The van der Waals surface area contributed by atoms with E-state index in [2.05, 4.69) is 53.9 Å². The quantitative estimate of drug-likeness (QED) is 0.403. The molecular weight excluding hydrogens is 374 g/mol. The van der Waals surface area contributed by atoms with Gasteiger partial charge in [-0.05, 0) is 37.5 Å². The smallest absolute Gasteiger partial charge is 0.167 e. The van der Waals surface area contributed by atoms with E-state index in [1.807, 2.05) is 6.07 Å². The van der Waals surface area contributed by atoms with E-state index in [4.69, 9.17) is 4.74 Å². The molecule has 2 aromatic carbocycles. The molecule has 0 atom stereocenters. The van der Waals surface area contributed by atoms with Crippen LogP contribution in [0.15, 0.2) is 43.0 Å². The summed E-state index contributed by atoms with van der Waals surface area (Å²) in [7, 11) is 0. The van der Waals surface area contributed by atoms with Gasteiger partial charge >= 0.3 is 0 Å². The predicted octanol–water partition coefficient (Wildman–Crippen LogP) is 6.27. The number of nitrogens with zero attached hydrogens (tertiary/aromatic N) is 3. The van der Waals surface area contributed by atoms with Gasteiger partial charge in [-0.25, -0.2) is 15.0 Å². The van der Waals surface area contributed by atoms with Gasteiger partial charge in [-0.1, -0.05) is 62.8 Å². The van der Waals surface area contributed by atoms with Crippen molar-refractivity contribution in [1.82, 2.24) is 15.0 Å². The van der Waals surface area contributed by atoms with Crippen molar-refractivity contribution < 1.29 is 9.84 Å². The summed E-state index contributed by atoms with van der Waals surface area (Å²) < 4.78 is 6.00. The number of aryl methyl sites for hydroxylation is 2. The Labute approximate surface area is 179 Å². The van der Waals surface area contributed by atoms with E-state index >= 15 is 0 Å². The van der Waals surface area contributed by atoms with Crippen LogP contribution in [-0.2, 0) is 0 Å². The zero-order valence-corrected chi connectivity index (χ0v) is 18.2. The second-order valence-electron chi connectivity index (χ2n) is 7.76. The van der Waals surface area contributed by atoms with Crippen LogP contribution in [0.4, 0.5) is 0 Å². The average Bonchev–Trinajstić information content (AvgIpc) is 2.73. The van der Waals surface area contributed by atoms with Gasteiger partial charge in [0.05, 0.1) is 12.2 Å². The molecule has 1 N–H and O–H groups in total. The van der Waals surface area contributed by atoms with Crippen molar-refractivity contribution in [2.45, 2.75) is 59.3 Å². The van der Waals surface area contributed by atoms with Crippen LogP contribution in [-0.4, -0.2) is 26.7 Å². The number of benzene rings is 2. The Hall–Kier alpha value is -2.95. The fourth-order valence-corrected chi connectivity index (χ4v) is 3.69. The minimum absolute atomic E-state index is 0.108. The van der Waals surface area contributed by atoms with E-state index < -0.39 is 0 Å². The van der Waals surface area contributed by atoms with E-state index in [-0.39, 0.29) is 5.75 Å². The first-order valence-corrected chi connectivity index (χ1v) is 10.8. The van der Waals surface area contributed by atoms with E-state index in [0.29, 0.717) is 23.7 Å². The van der Waals surface area contributed by atoms with Crippen LogP contribution in [0, 0.1) is 13.8 Å². The van der Waals surface area contributed by atoms with Gasteiger partial charge in [0.2, 0.25) is 0 Å². The number of rotatable bonds is 10. The summed E-state index contributed by atoms with van der Waals surface area (Å²) >= 11 is 0. The van der Waals surface area contributed by atoms with E-state index in [1.54, 1.807) is 6.07 Å². The number of ether oxygens (including phenoxy) is 1. The van der Waals surface area contributed by atoms with Gasteiger partial charge in [0.15, 0.2) is 5.82 Å². The molecule has 158 valence electrons. The maximum absolute atomic E-state index is 10.9. The summed E-state index contributed by atoms with van der Waals surface area (Å²) in [4.78, 5) is 12.4. The van der Waals surface area contributed by atoms with Crippen LogP contribution in [0.2, 0.25) is 0 Å². The molecule has 0 unspecified atom stereocenters. The highest BCUT2D eigenvalue weighted by molar-refractivity contribution is 5.87. The molecule has 0 aliphatic rings. The zero-order chi connectivity index (χ0) is 21.3. The lowest BCUT2D eigenvalue weighted by Gasteiger charge is -2.16. The van der Waals surface area contributed by atoms with Crippen molar-refractivity contribution in [2.75, 3.05) is 6.61 Å².